The SMILES string of the molecule is c1ccc(-c2nc(-c3ccccc3)c3c(n2)sc2cc4c(cc23)[nH]c2ccccc24)cc1. The summed E-state index contributed by atoms with van der Waals surface area (Å²) in [6.45, 7) is 0. The molecule has 0 amide bonds. The third kappa shape index (κ3) is 2.60. The fourth-order valence-electron chi connectivity index (χ4n) is 4.54. The second kappa shape index (κ2) is 6.74. The number of aromatic nitrogens is 3. The number of rotatable bonds is 2. The second-order valence-corrected chi connectivity index (χ2v) is 9.01. The van der Waals surface area contributed by atoms with Crippen molar-refractivity contribution in [2.24, 2.45) is 0 Å². The molecule has 0 atom stereocenters. The average Bonchev–Trinajstić information content (AvgIpc) is 3.40. The predicted octanol–water partition coefficient (Wildman–Crippen LogP) is 7.81. The maximum Gasteiger partial charge on any atom is 0.161 e. The molecule has 32 heavy (non-hydrogen) atoms. The third-order valence-corrected chi connectivity index (χ3v) is 7.08. The lowest BCUT2D eigenvalue weighted by molar-refractivity contribution is 1.24. The zero-order valence-electron chi connectivity index (χ0n) is 17.0. The van der Waals surface area contributed by atoms with E-state index in [1.807, 2.05) is 24.3 Å². The van der Waals surface area contributed by atoms with E-state index in [9.17, 15) is 0 Å². The van der Waals surface area contributed by atoms with Gasteiger partial charge in [0.2, 0.25) is 0 Å². The number of nitrogens with zero attached hydrogens (tertiary/aromatic N) is 2. The number of fused-ring (bicyclic) bond motifs is 6. The van der Waals surface area contributed by atoms with E-state index in [4.69, 9.17) is 9.97 Å². The quantitative estimate of drug-likeness (QED) is 0.306. The van der Waals surface area contributed by atoms with Crippen LogP contribution in [0.1, 0.15) is 0 Å². The van der Waals surface area contributed by atoms with Crippen molar-refractivity contribution in [1.82, 2.24) is 15.0 Å². The molecule has 4 aromatic carbocycles. The molecule has 0 radical (unpaired) electrons. The number of H-pyrrole nitrogens is 1. The van der Waals surface area contributed by atoms with Crippen LogP contribution in [0, 0.1) is 0 Å². The van der Waals surface area contributed by atoms with Gasteiger partial charge in [-0.25, -0.2) is 9.97 Å². The van der Waals surface area contributed by atoms with E-state index in [-0.39, 0.29) is 0 Å². The van der Waals surface area contributed by atoms with Gasteiger partial charge >= 0.3 is 0 Å². The summed E-state index contributed by atoms with van der Waals surface area (Å²) < 4.78 is 1.23. The first-order chi connectivity index (χ1) is 15.8. The molecule has 0 saturated heterocycles. The third-order valence-electron chi connectivity index (χ3n) is 6.04. The fourth-order valence-corrected chi connectivity index (χ4v) is 5.64. The zero-order chi connectivity index (χ0) is 21.1. The van der Waals surface area contributed by atoms with Crippen LogP contribution in [0.3, 0.4) is 0 Å². The first kappa shape index (κ1) is 17.6. The number of aromatic amines is 1. The van der Waals surface area contributed by atoms with Crippen LogP contribution in [0.15, 0.2) is 97.1 Å². The lowest BCUT2D eigenvalue weighted by Gasteiger charge is -2.07. The summed E-state index contributed by atoms with van der Waals surface area (Å²) in [5, 5.41) is 4.82. The Morgan fingerprint density at radius 2 is 1.31 bits per heavy atom. The molecule has 0 aliphatic carbocycles. The van der Waals surface area contributed by atoms with Gasteiger partial charge in [0.15, 0.2) is 5.82 Å². The van der Waals surface area contributed by atoms with Gasteiger partial charge in [0.25, 0.3) is 0 Å². The molecule has 7 aromatic rings. The Labute approximate surface area is 188 Å². The Bertz CT molecular complexity index is 1760. The Kier molecular flexibility index (Phi) is 3.72. The maximum absolute atomic E-state index is 5.07. The van der Waals surface area contributed by atoms with Gasteiger partial charge in [-0.3, -0.25) is 0 Å². The smallest absolute Gasteiger partial charge is 0.161 e. The Hall–Kier alpha value is -4.02. The predicted molar refractivity (Wildman–Crippen MR) is 135 cm³/mol. The molecule has 0 spiro atoms. The summed E-state index contributed by atoms with van der Waals surface area (Å²) in [6, 6.07) is 33.7. The molecular formula is C28H17N3S. The highest BCUT2D eigenvalue weighted by molar-refractivity contribution is 7.25. The van der Waals surface area contributed by atoms with Crippen molar-refractivity contribution in [2.45, 2.75) is 0 Å². The number of thiophene rings is 1. The van der Waals surface area contributed by atoms with Gasteiger partial charge < -0.3 is 4.98 Å². The molecule has 0 aliphatic rings. The Morgan fingerprint density at radius 1 is 0.594 bits per heavy atom. The number of benzene rings is 4. The Balaban J connectivity index is 1.61. The molecule has 0 bridgehead atoms. The van der Waals surface area contributed by atoms with E-state index in [1.165, 1.54) is 20.9 Å². The van der Waals surface area contributed by atoms with Gasteiger partial charge in [-0.05, 0) is 18.2 Å². The van der Waals surface area contributed by atoms with Gasteiger partial charge in [0, 0.05) is 48.4 Å². The van der Waals surface area contributed by atoms with Crippen LogP contribution in [0.25, 0.3) is 64.8 Å². The van der Waals surface area contributed by atoms with E-state index in [1.54, 1.807) is 11.3 Å². The molecule has 0 unspecified atom stereocenters. The molecular weight excluding hydrogens is 410 g/mol. The van der Waals surface area contributed by atoms with Crippen LogP contribution in [-0.4, -0.2) is 15.0 Å². The van der Waals surface area contributed by atoms with Crippen LogP contribution in [0.4, 0.5) is 0 Å². The molecule has 0 aliphatic heterocycles. The standard InChI is InChI=1S/C28H17N3S/c1-3-9-17(10-4-1)26-25-21-15-23-20(19-13-7-8-14-22(19)29-23)16-24(21)32-28(25)31-27(30-26)18-11-5-2-6-12-18/h1-16,29H. The first-order valence-electron chi connectivity index (χ1n) is 10.6. The van der Waals surface area contributed by atoms with Crippen molar-refractivity contribution in [3.8, 4) is 22.6 Å². The number of hydrogen-bond donors (Lipinski definition) is 1. The molecule has 1 N–H and O–H groups in total. The zero-order valence-corrected chi connectivity index (χ0v) is 17.9. The molecule has 3 nitrogen and oxygen atoms in total. The van der Waals surface area contributed by atoms with Crippen molar-refractivity contribution in [2.75, 3.05) is 0 Å². The number of nitrogens with one attached hydrogen (secondary N) is 1. The number of para-hydroxylation sites is 1. The first-order valence-corrected chi connectivity index (χ1v) is 11.4. The molecule has 3 heterocycles. The van der Waals surface area contributed by atoms with E-state index < -0.39 is 0 Å². The van der Waals surface area contributed by atoms with E-state index in [2.05, 4.69) is 77.8 Å². The van der Waals surface area contributed by atoms with Gasteiger partial charge in [-0.2, -0.15) is 0 Å². The van der Waals surface area contributed by atoms with E-state index in [0.29, 0.717) is 0 Å². The summed E-state index contributed by atoms with van der Waals surface area (Å²) >= 11 is 1.74. The second-order valence-electron chi connectivity index (χ2n) is 7.97. The average molecular weight is 428 g/mol. The largest absolute Gasteiger partial charge is 0.354 e. The van der Waals surface area contributed by atoms with Crippen LogP contribution in [0.5, 0.6) is 0 Å². The molecule has 7 rings (SSSR count). The van der Waals surface area contributed by atoms with Crippen molar-refractivity contribution in [3.63, 3.8) is 0 Å². The maximum atomic E-state index is 5.07. The number of hydrogen-bond acceptors (Lipinski definition) is 3. The summed E-state index contributed by atoms with van der Waals surface area (Å²) in [4.78, 5) is 14.7. The highest BCUT2D eigenvalue weighted by Crippen LogP contribution is 2.42. The van der Waals surface area contributed by atoms with Crippen molar-refractivity contribution >= 4 is 53.4 Å². The monoisotopic (exact) mass is 427 g/mol. The van der Waals surface area contributed by atoms with Gasteiger partial charge in [0.05, 0.1) is 5.69 Å². The van der Waals surface area contributed by atoms with Gasteiger partial charge in [-0.1, -0.05) is 78.9 Å². The molecule has 0 saturated carbocycles. The van der Waals surface area contributed by atoms with Crippen LogP contribution in [0.2, 0.25) is 0 Å². The van der Waals surface area contributed by atoms with Gasteiger partial charge in [0.1, 0.15) is 4.83 Å². The lowest BCUT2D eigenvalue weighted by atomic mass is 10.0. The van der Waals surface area contributed by atoms with E-state index >= 15 is 0 Å². The summed E-state index contributed by atoms with van der Waals surface area (Å²) in [5.74, 6) is 0.763. The minimum atomic E-state index is 0.763. The highest BCUT2D eigenvalue weighted by atomic mass is 32.1. The van der Waals surface area contributed by atoms with Crippen LogP contribution in [-0.2, 0) is 0 Å². The summed E-state index contributed by atoms with van der Waals surface area (Å²) in [5.41, 5.74) is 5.42. The summed E-state index contributed by atoms with van der Waals surface area (Å²) in [7, 11) is 0. The topological polar surface area (TPSA) is 41.6 Å². The summed E-state index contributed by atoms with van der Waals surface area (Å²) in [6.07, 6.45) is 0. The van der Waals surface area contributed by atoms with Crippen molar-refractivity contribution < 1.29 is 0 Å². The fraction of sp³-hybridized carbons (Fsp3) is 0. The van der Waals surface area contributed by atoms with Crippen LogP contribution < -0.4 is 0 Å². The minimum absolute atomic E-state index is 0.763. The Morgan fingerprint density at radius 3 is 2.12 bits per heavy atom. The highest BCUT2D eigenvalue weighted by Gasteiger charge is 2.18. The molecule has 150 valence electrons. The van der Waals surface area contributed by atoms with Gasteiger partial charge in [-0.15, -0.1) is 11.3 Å². The molecule has 0 fully saturated rings. The lowest BCUT2D eigenvalue weighted by Crippen LogP contribution is -1.93. The van der Waals surface area contributed by atoms with E-state index in [0.717, 1.165) is 43.9 Å². The molecule has 3 aromatic heterocycles. The molecule has 4 heteroatoms. The normalized spacial score (nSPS) is 11.8. The van der Waals surface area contributed by atoms with Crippen molar-refractivity contribution in [1.29, 1.82) is 0 Å². The minimum Gasteiger partial charge on any atom is -0.354 e. The van der Waals surface area contributed by atoms with Crippen LogP contribution >= 0.6 is 11.3 Å². The van der Waals surface area contributed by atoms with Crippen molar-refractivity contribution in [3.05, 3.63) is 97.1 Å².